The number of benzene rings is 1. The van der Waals surface area contributed by atoms with Crippen LogP contribution in [0, 0.1) is 0 Å². The van der Waals surface area contributed by atoms with Crippen LogP contribution in [0.15, 0.2) is 41.7 Å². The minimum Gasteiger partial charge on any atom is -0.245 e. The largest absolute Gasteiger partial charge is 0.245 e. The van der Waals surface area contributed by atoms with Gasteiger partial charge in [-0.2, -0.15) is 0 Å². The number of thioether (sulfide) groups is 1. The fourth-order valence-electron chi connectivity index (χ4n) is 1.14. The van der Waals surface area contributed by atoms with Gasteiger partial charge in [0.2, 0.25) is 0 Å². The third-order valence-electron chi connectivity index (χ3n) is 1.91. The molecule has 0 unspecified atom stereocenters. The standard InChI is InChI=1S/C11H8Cl2N2S/c12-9-3-1-8(2-4-9)7-16-11-10(13)14-5-6-15-11/h1-6H,7H2. The minimum atomic E-state index is 0.446. The van der Waals surface area contributed by atoms with Crippen molar-refractivity contribution in [3.8, 4) is 0 Å². The fraction of sp³-hybridized carbons (Fsp3) is 0.0909. The summed E-state index contributed by atoms with van der Waals surface area (Å²) in [6.45, 7) is 0. The van der Waals surface area contributed by atoms with Crippen molar-refractivity contribution in [3.05, 3.63) is 52.4 Å². The summed E-state index contributed by atoms with van der Waals surface area (Å²) in [5, 5.41) is 1.94. The Bertz CT molecular complexity index is 474. The first-order valence-electron chi connectivity index (χ1n) is 4.59. The summed E-state index contributed by atoms with van der Waals surface area (Å²) >= 11 is 13.3. The molecule has 16 heavy (non-hydrogen) atoms. The van der Waals surface area contributed by atoms with E-state index in [1.807, 2.05) is 24.3 Å². The monoisotopic (exact) mass is 270 g/mol. The molecular weight excluding hydrogens is 263 g/mol. The van der Waals surface area contributed by atoms with Gasteiger partial charge in [-0.05, 0) is 17.7 Å². The highest BCUT2D eigenvalue weighted by molar-refractivity contribution is 7.98. The average molecular weight is 271 g/mol. The van der Waals surface area contributed by atoms with Crippen molar-refractivity contribution < 1.29 is 0 Å². The van der Waals surface area contributed by atoms with E-state index in [2.05, 4.69) is 9.97 Å². The maximum absolute atomic E-state index is 5.90. The lowest BCUT2D eigenvalue weighted by Gasteiger charge is -2.02. The van der Waals surface area contributed by atoms with Gasteiger partial charge in [-0.15, -0.1) is 0 Å². The third kappa shape index (κ3) is 3.11. The van der Waals surface area contributed by atoms with Crippen LogP contribution in [-0.4, -0.2) is 9.97 Å². The van der Waals surface area contributed by atoms with Crippen LogP contribution in [0.25, 0.3) is 0 Å². The van der Waals surface area contributed by atoms with Crippen molar-refractivity contribution in [2.24, 2.45) is 0 Å². The number of hydrogen-bond donors (Lipinski definition) is 0. The predicted molar refractivity (Wildman–Crippen MR) is 68.1 cm³/mol. The van der Waals surface area contributed by atoms with Gasteiger partial charge in [-0.1, -0.05) is 47.1 Å². The number of nitrogens with zero attached hydrogens (tertiary/aromatic N) is 2. The lowest BCUT2D eigenvalue weighted by atomic mass is 10.2. The quantitative estimate of drug-likeness (QED) is 0.787. The molecule has 2 rings (SSSR count). The molecule has 1 aromatic heterocycles. The predicted octanol–water partition coefficient (Wildman–Crippen LogP) is 4.08. The molecule has 0 aliphatic heterocycles. The van der Waals surface area contributed by atoms with Crippen LogP contribution in [0.1, 0.15) is 5.56 Å². The van der Waals surface area contributed by atoms with Crippen LogP contribution < -0.4 is 0 Å². The van der Waals surface area contributed by atoms with Crippen molar-refractivity contribution in [1.82, 2.24) is 9.97 Å². The first kappa shape index (κ1) is 11.7. The molecule has 1 aromatic carbocycles. The van der Waals surface area contributed by atoms with Crippen LogP contribution in [0.5, 0.6) is 0 Å². The topological polar surface area (TPSA) is 25.8 Å². The van der Waals surface area contributed by atoms with E-state index in [-0.39, 0.29) is 0 Å². The molecule has 0 amide bonds. The van der Waals surface area contributed by atoms with E-state index in [1.54, 1.807) is 24.2 Å². The molecular formula is C11H8Cl2N2S. The first-order chi connectivity index (χ1) is 7.75. The molecule has 82 valence electrons. The van der Waals surface area contributed by atoms with Gasteiger partial charge < -0.3 is 0 Å². The summed E-state index contributed by atoms with van der Waals surface area (Å²) in [7, 11) is 0. The zero-order chi connectivity index (χ0) is 11.4. The molecule has 5 heteroatoms. The summed E-state index contributed by atoms with van der Waals surface area (Å²) < 4.78 is 0. The van der Waals surface area contributed by atoms with Gasteiger partial charge in [0, 0.05) is 23.2 Å². The van der Waals surface area contributed by atoms with E-state index < -0.39 is 0 Å². The molecule has 1 heterocycles. The molecule has 0 saturated heterocycles. The second kappa shape index (κ2) is 5.53. The van der Waals surface area contributed by atoms with Gasteiger partial charge in [0.15, 0.2) is 5.15 Å². The average Bonchev–Trinajstić information content (AvgIpc) is 2.30. The Labute approximate surface area is 108 Å². The molecule has 0 N–H and O–H groups in total. The van der Waals surface area contributed by atoms with Crippen LogP contribution in [0.3, 0.4) is 0 Å². The molecule has 0 aliphatic carbocycles. The van der Waals surface area contributed by atoms with Crippen LogP contribution >= 0.6 is 35.0 Å². The smallest absolute Gasteiger partial charge is 0.161 e. The molecule has 0 fully saturated rings. The number of aromatic nitrogens is 2. The SMILES string of the molecule is Clc1ccc(CSc2nccnc2Cl)cc1. The zero-order valence-electron chi connectivity index (χ0n) is 8.23. The van der Waals surface area contributed by atoms with Gasteiger partial charge >= 0.3 is 0 Å². The fourth-order valence-corrected chi connectivity index (χ4v) is 2.34. The van der Waals surface area contributed by atoms with Gasteiger partial charge in [-0.3, -0.25) is 0 Å². The number of rotatable bonds is 3. The summed E-state index contributed by atoms with van der Waals surface area (Å²) in [5.74, 6) is 0.801. The van der Waals surface area contributed by atoms with Crippen molar-refractivity contribution in [1.29, 1.82) is 0 Å². The Hall–Kier alpha value is -0.770. The van der Waals surface area contributed by atoms with Crippen LogP contribution in [-0.2, 0) is 5.75 Å². The van der Waals surface area contributed by atoms with E-state index in [1.165, 1.54) is 5.56 Å². The Morgan fingerprint density at radius 1 is 1.00 bits per heavy atom. The van der Waals surface area contributed by atoms with E-state index in [0.717, 1.165) is 15.8 Å². The van der Waals surface area contributed by atoms with Crippen molar-refractivity contribution in [2.45, 2.75) is 10.8 Å². The van der Waals surface area contributed by atoms with Gasteiger partial charge in [0.05, 0.1) is 0 Å². The first-order valence-corrected chi connectivity index (χ1v) is 6.33. The lowest BCUT2D eigenvalue weighted by molar-refractivity contribution is 1.05. The van der Waals surface area contributed by atoms with E-state index in [9.17, 15) is 0 Å². The summed E-state index contributed by atoms with van der Waals surface area (Å²) in [6, 6.07) is 7.71. The molecule has 0 radical (unpaired) electrons. The Balaban J connectivity index is 2.02. The molecule has 0 atom stereocenters. The molecule has 2 nitrogen and oxygen atoms in total. The maximum atomic E-state index is 5.90. The molecule has 0 bridgehead atoms. The third-order valence-corrected chi connectivity index (χ3v) is 3.60. The molecule has 0 spiro atoms. The van der Waals surface area contributed by atoms with E-state index in [4.69, 9.17) is 23.2 Å². The molecule has 2 aromatic rings. The summed E-state index contributed by atoms with van der Waals surface area (Å²) in [5.41, 5.74) is 1.18. The number of hydrogen-bond acceptors (Lipinski definition) is 3. The van der Waals surface area contributed by atoms with Crippen molar-refractivity contribution in [3.63, 3.8) is 0 Å². The van der Waals surface area contributed by atoms with Gasteiger partial charge in [-0.25, -0.2) is 9.97 Å². The highest BCUT2D eigenvalue weighted by Gasteiger charge is 2.03. The molecule has 0 aliphatic rings. The van der Waals surface area contributed by atoms with Gasteiger partial charge in [0.1, 0.15) is 5.03 Å². The lowest BCUT2D eigenvalue weighted by Crippen LogP contribution is -1.86. The minimum absolute atomic E-state index is 0.446. The maximum Gasteiger partial charge on any atom is 0.161 e. The Morgan fingerprint density at radius 2 is 1.69 bits per heavy atom. The number of halogens is 2. The highest BCUT2D eigenvalue weighted by atomic mass is 35.5. The summed E-state index contributed by atoms with van der Waals surface area (Å²) in [4.78, 5) is 8.12. The normalized spacial score (nSPS) is 10.4. The van der Waals surface area contributed by atoms with E-state index in [0.29, 0.717) is 5.15 Å². The van der Waals surface area contributed by atoms with Gasteiger partial charge in [0.25, 0.3) is 0 Å². The molecule has 0 saturated carbocycles. The van der Waals surface area contributed by atoms with Crippen LogP contribution in [0.4, 0.5) is 0 Å². The summed E-state index contributed by atoms with van der Waals surface area (Å²) in [6.07, 6.45) is 3.21. The van der Waals surface area contributed by atoms with Crippen LogP contribution in [0.2, 0.25) is 10.2 Å². The Morgan fingerprint density at radius 3 is 2.38 bits per heavy atom. The van der Waals surface area contributed by atoms with Crippen molar-refractivity contribution >= 4 is 35.0 Å². The highest BCUT2D eigenvalue weighted by Crippen LogP contribution is 2.26. The van der Waals surface area contributed by atoms with Crippen molar-refractivity contribution in [2.75, 3.05) is 0 Å². The zero-order valence-corrected chi connectivity index (χ0v) is 10.6. The second-order valence-corrected chi connectivity index (χ2v) is 4.83. The van der Waals surface area contributed by atoms with E-state index >= 15 is 0 Å². The Kier molecular flexibility index (Phi) is 4.04. The second-order valence-electron chi connectivity index (χ2n) is 3.07.